The summed E-state index contributed by atoms with van der Waals surface area (Å²) < 4.78 is 10.4. The molecule has 142 valence electrons. The number of aliphatic hydroxyl groups is 1. The van der Waals surface area contributed by atoms with Crippen molar-refractivity contribution in [2.45, 2.75) is 53.1 Å². The molecule has 0 saturated carbocycles. The molecule has 1 aromatic heterocycles. The quantitative estimate of drug-likeness (QED) is 0.272. The molecule has 0 aliphatic rings. The van der Waals surface area contributed by atoms with Gasteiger partial charge in [0.2, 0.25) is 0 Å². The molecule has 3 N–H and O–H groups in total. The lowest BCUT2D eigenvalue weighted by molar-refractivity contribution is -0.143. The number of ether oxygens (including phenoxy) is 1. The summed E-state index contributed by atoms with van der Waals surface area (Å²) in [5.74, 6) is 1.87. The molecule has 0 spiro atoms. The zero-order valence-corrected chi connectivity index (χ0v) is 15.9. The van der Waals surface area contributed by atoms with Crippen LogP contribution in [0.5, 0.6) is 0 Å². The van der Waals surface area contributed by atoms with E-state index >= 15 is 0 Å². The molecule has 0 aliphatic heterocycles. The highest BCUT2D eigenvalue weighted by Gasteiger charge is 2.27. The van der Waals surface area contributed by atoms with E-state index in [-0.39, 0.29) is 12.5 Å². The molecule has 1 unspecified atom stereocenters. The maximum absolute atomic E-state index is 11.3. The van der Waals surface area contributed by atoms with Crippen molar-refractivity contribution in [2.24, 2.45) is 4.99 Å². The van der Waals surface area contributed by atoms with Crippen molar-refractivity contribution in [3.63, 3.8) is 0 Å². The molecule has 1 atom stereocenters. The van der Waals surface area contributed by atoms with E-state index in [0.29, 0.717) is 44.3 Å². The third-order valence-corrected chi connectivity index (χ3v) is 3.67. The van der Waals surface area contributed by atoms with Crippen LogP contribution < -0.4 is 10.6 Å². The molecule has 1 rings (SSSR count). The van der Waals surface area contributed by atoms with E-state index in [1.54, 1.807) is 13.8 Å². The Labute approximate surface area is 149 Å². The number of nitrogens with zero attached hydrogens (tertiary/aromatic N) is 1. The van der Waals surface area contributed by atoms with Crippen LogP contribution in [0.2, 0.25) is 0 Å². The fourth-order valence-electron chi connectivity index (χ4n) is 2.50. The van der Waals surface area contributed by atoms with Gasteiger partial charge in [0.1, 0.15) is 17.1 Å². The smallest absolute Gasteiger partial charge is 0.305 e. The van der Waals surface area contributed by atoms with Gasteiger partial charge in [-0.05, 0) is 47.1 Å². The van der Waals surface area contributed by atoms with Gasteiger partial charge in [-0.2, -0.15) is 0 Å². The molecule has 1 heterocycles. The molecule has 0 aliphatic carbocycles. The summed E-state index contributed by atoms with van der Waals surface area (Å²) in [7, 11) is 0. The zero-order chi connectivity index (χ0) is 18.9. The summed E-state index contributed by atoms with van der Waals surface area (Å²) in [6.07, 6.45) is 1.02. The first-order valence-electron chi connectivity index (χ1n) is 8.77. The van der Waals surface area contributed by atoms with Crippen LogP contribution in [0.25, 0.3) is 0 Å². The largest absolute Gasteiger partial charge is 0.466 e. The lowest BCUT2D eigenvalue weighted by atomic mass is 9.96. The minimum atomic E-state index is -1.12. The monoisotopic (exact) mass is 353 g/mol. The van der Waals surface area contributed by atoms with Gasteiger partial charge in [-0.25, -0.2) is 4.99 Å². The van der Waals surface area contributed by atoms with Crippen LogP contribution in [0.4, 0.5) is 0 Å². The Kier molecular flexibility index (Phi) is 8.48. The van der Waals surface area contributed by atoms with E-state index in [1.807, 2.05) is 26.8 Å². The second-order valence-electron chi connectivity index (χ2n) is 6.13. The molecule has 7 heteroatoms. The maximum atomic E-state index is 11.3. The zero-order valence-electron chi connectivity index (χ0n) is 15.9. The number of aryl methyl sites for hydroxylation is 2. The van der Waals surface area contributed by atoms with Crippen LogP contribution in [0.15, 0.2) is 15.5 Å². The molecule has 0 bridgehead atoms. The van der Waals surface area contributed by atoms with Gasteiger partial charge in [-0.15, -0.1) is 0 Å². The lowest BCUT2D eigenvalue weighted by Gasteiger charge is -2.21. The highest BCUT2D eigenvalue weighted by atomic mass is 16.5. The number of guanidine groups is 1. The number of carbonyl (C=O) groups is 1. The van der Waals surface area contributed by atoms with E-state index in [2.05, 4.69) is 15.6 Å². The number of nitrogens with one attached hydrogen (secondary N) is 2. The number of esters is 1. The fraction of sp³-hybridized carbons (Fsp3) is 0.667. The molecule has 0 aromatic carbocycles. The van der Waals surface area contributed by atoms with Crippen LogP contribution in [-0.4, -0.2) is 43.3 Å². The number of carbonyl (C=O) groups excluding carboxylic acids is 1. The minimum absolute atomic E-state index is 0.194. The number of aliphatic imine (C=N–C) groups is 1. The molecule has 25 heavy (non-hydrogen) atoms. The van der Waals surface area contributed by atoms with Gasteiger partial charge in [-0.1, -0.05) is 0 Å². The predicted molar refractivity (Wildman–Crippen MR) is 97.6 cm³/mol. The normalized spacial score (nSPS) is 14.1. The van der Waals surface area contributed by atoms with Gasteiger partial charge in [-0.3, -0.25) is 4.79 Å². The summed E-state index contributed by atoms with van der Waals surface area (Å²) in [6.45, 7) is 11.1. The Hall–Kier alpha value is -2.02. The van der Waals surface area contributed by atoms with Gasteiger partial charge in [0, 0.05) is 25.1 Å². The average Bonchev–Trinajstić information content (AvgIpc) is 2.89. The van der Waals surface area contributed by atoms with Crippen LogP contribution in [0.1, 0.15) is 50.7 Å². The molecule has 0 amide bonds. The third-order valence-electron chi connectivity index (χ3n) is 3.67. The Morgan fingerprint density at radius 1 is 1.36 bits per heavy atom. The first kappa shape index (κ1) is 21.0. The van der Waals surface area contributed by atoms with Crippen molar-refractivity contribution in [2.75, 3.05) is 26.2 Å². The number of rotatable bonds is 9. The molecule has 7 nitrogen and oxygen atoms in total. The summed E-state index contributed by atoms with van der Waals surface area (Å²) in [6, 6.07) is 1.84. The van der Waals surface area contributed by atoms with E-state index < -0.39 is 5.60 Å². The van der Waals surface area contributed by atoms with Crippen molar-refractivity contribution >= 4 is 11.9 Å². The van der Waals surface area contributed by atoms with Gasteiger partial charge in [0.05, 0.1) is 13.2 Å². The molecular formula is C18H31N3O4. The van der Waals surface area contributed by atoms with E-state index in [0.717, 1.165) is 11.3 Å². The molecule has 1 aromatic rings. The Morgan fingerprint density at radius 2 is 2.08 bits per heavy atom. The molecule has 0 fully saturated rings. The van der Waals surface area contributed by atoms with Crippen LogP contribution >= 0.6 is 0 Å². The standard InChI is InChI=1S/C18H31N3O4/c1-6-19-17(20-10-8-9-16(22)24-7-2)21-12-18(5,23)15-11-13(3)25-14(15)4/h11,23H,6-10,12H2,1-5H3,(H2,19,20,21). The Balaban J connectivity index is 2.59. The minimum Gasteiger partial charge on any atom is -0.466 e. The first-order valence-corrected chi connectivity index (χ1v) is 8.77. The molecular weight excluding hydrogens is 322 g/mol. The predicted octanol–water partition coefficient (Wildman–Crippen LogP) is 2.00. The summed E-state index contributed by atoms with van der Waals surface area (Å²) >= 11 is 0. The number of furan rings is 1. The highest BCUT2D eigenvalue weighted by Crippen LogP contribution is 2.27. The van der Waals surface area contributed by atoms with E-state index in [1.165, 1.54) is 0 Å². The third kappa shape index (κ3) is 7.17. The van der Waals surface area contributed by atoms with E-state index in [4.69, 9.17) is 9.15 Å². The number of hydrogen-bond acceptors (Lipinski definition) is 5. The van der Waals surface area contributed by atoms with Crippen molar-refractivity contribution in [3.8, 4) is 0 Å². The van der Waals surface area contributed by atoms with Crippen molar-refractivity contribution in [1.29, 1.82) is 0 Å². The Bertz CT molecular complexity index is 579. The van der Waals surface area contributed by atoms with Crippen molar-refractivity contribution < 1.29 is 19.1 Å². The summed E-state index contributed by atoms with van der Waals surface area (Å²) in [5, 5.41) is 17.0. The van der Waals surface area contributed by atoms with Crippen molar-refractivity contribution in [1.82, 2.24) is 10.6 Å². The van der Waals surface area contributed by atoms with Crippen molar-refractivity contribution in [3.05, 3.63) is 23.2 Å². The van der Waals surface area contributed by atoms with Crippen LogP contribution in [-0.2, 0) is 15.1 Å². The van der Waals surface area contributed by atoms with Gasteiger partial charge >= 0.3 is 5.97 Å². The summed E-state index contributed by atoms with van der Waals surface area (Å²) in [4.78, 5) is 15.8. The van der Waals surface area contributed by atoms with Crippen LogP contribution in [0, 0.1) is 13.8 Å². The van der Waals surface area contributed by atoms with Gasteiger partial charge < -0.3 is 24.9 Å². The second-order valence-corrected chi connectivity index (χ2v) is 6.13. The fourth-order valence-corrected chi connectivity index (χ4v) is 2.50. The highest BCUT2D eigenvalue weighted by molar-refractivity contribution is 5.79. The molecule has 0 radical (unpaired) electrons. The van der Waals surface area contributed by atoms with Gasteiger partial charge in [0.25, 0.3) is 0 Å². The topological polar surface area (TPSA) is 96.1 Å². The van der Waals surface area contributed by atoms with Gasteiger partial charge in [0.15, 0.2) is 5.96 Å². The van der Waals surface area contributed by atoms with E-state index in [9.17, 15) is 9.90 Å². The average molecular weight is 353 g/mol. The summed E-state index contributed by atoms with van der Waals surface area (Å²) in [5.41, 5.74) is -0.373. The van der Waals surface area contributed by atoms with Crippen LogP contribution in [0.3, 0.4) is 0 Å². The second kappa shape index (κ2) is 10.1. The first-order chi connectivity index (χ1) is 11.8. The molecule has 0 saturated heterocycles. The maximum Gasteiger partial charge on any atom is 0.305 e. The lowest BCUT2D eigenvalue weighted by Crippen LogP contribution is -2.39. The Morgan fingerprint density at radius 3 is 2.64 bits per heavy atom. The SMILES string of the molecule is CCNC(=NCC(C)(O)c1cc(C)oc1C)NCCCC(=O)OCC. The number of hydrogen-bond donors (Lipinski definition) is 3.